The molecule has 0 spiro atoms. The van der Waals surface area contributed by atoms with Crippen LogP contribution in [-0.2, 0) is 9.59 Å². The first-order chi connectivity index (χ1) is 10.4. The zero-order valence-electron chi connectivity index (χ0n) is 12.1. The summed E-state index contributed by atoms with van der Waals surface area (Å²) in [6, 6.07) is 4.81. The highest BCUT2D eigenvalue weighted by molar-refractivity contribution is 6.42. The van der Waals surface area contributed by atoms with Crippen LogP contribution >= 0.6 is 23.2 Å². The average Bonchev–Trinajstić information content (AvgIpc) is 2.50. The van der Waals surface area contributed by atoms with E-state index in [1.54, 1.807) is 30.0 Å². The highest BCUT2D eigenvalue weighted by Crippen LogP contribution is 2.27. The van der Waals surface area contributed by atoms with Gasteiger partial charge in [-0.2, -0.15) is 0 Å². The Morgan fingerprint density at radius 3 is 2.45 bits per heavy atom. The molecule has 1 aliphatic rings. The Morgan fingerprint density at radius 2 is 1.91 bits per heavy atom. The van der Waals surface area contributed by atoms with Gasteiger partial charge in [0.1, 0.15) is 5.75 Å². The second kappa shape index (κ2) is 7.20. The molecule has 1 heterocycles. The lowest BCUT2D eigenvalue weighted by Gasteiger charge is -2.32. The number of benzene rings is 1. The molecule has 120 valence electrons. The van der Waals surface area contributed by atoms with Gasteiger partial charge in [-0.25, -0.2) is 0 Å². The van der Waals surface area contributed by atoms with Gasteiger partial charge in [-0.15, -0.1) is 0 Å². The van der Waals surface area contributed by atoms with Gasteiger partial charge in [0, 0.05) is 19.2 Å². The van der Waals surface area contributed by atoms with Crippen molar-refractivity contribution in [1.29, 1.82) is 0 Å². The summed E-state index contributed by atoms with van der Waals surface area (Å²) in [4.78, 5) is 24.9. The van der Waals surface area contributed by atoms with Crippen LogP contribution in [0.4, 0.5) is 0 Å². The molecule has 2 rings (SSSR count). The van der Waals surface area contributed by atoms with Crippen molar-refractivity contribution in [1.82, 2.24) is 4.90 Å². The van der Waals surface area contributed by atoms with E-state index in [0.29, 0.717) is 41.7 Å². The fourth-order valence-electron chi connectivity index (χ4n) is 2.41. The zero-order chi connectivity index (χ0) is 16.3. The molecule has 0 bridgehead atoms. The van der Waals surface area contributed by atoms with E-state index in [4.69, 9.17) is 33.0 Å². The van der Waals surface area contributed by atoms with E-state index in [9.17, 15) is 9.59 Å². The Morgan fingerprint density at radius 1 is 1.27 bits per heavy atom. The molecule has 1 atom stereocenters. The maximum atomic E-state index is 12.3. The van der Waals surface area contributed by atoms with E-state index < -0.39 is 12.1 Å². The second-order valence-electron chi connectivity index (χ2n) is 5.27. The fraction of sp³-hybridized carbons (Fsp3) is 0.467. The molecule has 5 nitrogen and oxygen atoms in total. The van der Waals surface area contributed by atoms with Gasteiger partial charge < -0.3 is 14.7 Å². The number of carboxylic acid groups (broad SMARTS) is 1. The van der Waals surface area contributed by atoms with E-state index in [1.165, 1.54) is 0 Å². The summed E-state index contributed by atoms with van der Waals surface area (Å²) in [6.45, 7) is 2.53. The van der Waals surface area contributed by atoms with Crippen LogP contribution in [0.1, 0.15) is 19.8 Å². The number of carbonyl (C=O) groups excluding carboxylic acids is 1. The topological polar surface area (TPSA) is 66.8 Å². The van der Waals surface area contributed by atoms with E-state index >= 15 is 0 Å². The zero-order valence-corrected chi connectivity index (χ0v) is 13.6. The predicted molar refractivity (Wildman–Crippen MR) is 83.5 cm³/mol. The summed E-state index contributed by atoms with van der Waals surface area (Å²) in [5, 5.41) is 9.75. The number of hydrogen-bond donors (Lipinski definition) is 1. The molecular weight excluding hydrogens is 329 g/mol. The standard InChI is InChI=1S/C15H17Cl2NO4/c1-9(22-11-2-3-12(16)13(17)8-11)14(19)18-6-4-10(5-7-18)15(20)21/h2-3,8-10H,4-7H2,1H3,(H,20,21)/t9-/m1/s1. The number of hydrogen-bond acceptors (Lipinski definition) is 3. The fourth-order valence-corrected chi connectivity index (χ4v) is 2.70. The number of carbonyl (C=O) groups is 2. The predicted octanol–water partition coefficient (Wildman–Crippen LogP) is 3.08. The summed E-state index contributed by atoms with van der Waals surface area (Å²) in [7, 11) is 0. The van der Waals surface area contributed by atoms with Crippen molar-refractivity contribution in [2.75, 3.05) is 13.1 Å². The highest BCUT2D eigenvalue weighted by Gasteiger charge is 2.29. The van der Waals surface area contributed by atoms with Crippen LogP contribution in [0, 0.1) is 5.92 Å². The Hall–Kier alpha value is -1.46. The summed E-state index contributed by atoms with van der Waals surface area (Å²) in [5.74, 6) is -0.854. The number of piperidine rings is 1. The first kappa shape index (κ1) is 16.9. The van der Waals surface area contributed by atoms with Gasteiger partial charge in [-0.05, 0) is 31.9 Å². The minimum absolute atomic E-state index is 0.157. The largest absolute Gasteiger partial charge is 0.481 e. The monoisotopic (exact) mass is 345 g/mol. The normalized spacial score (nSPS) is 17.1. The van der Waals surface area contributed by atoms with Crippen molar-refractivity contribution in [3.8, 4) is 5.75 Å². The van der Waals surface area contributed by atoms with Gasteiger partial charge in [0.05, 0.1) is 16.0 Å². The average molecular weight is 346 g/mol. The van der Waals surface area contributed by atoms with Crippen LogP contribution in [0.5, 0.6) is 5.75 Å². The van der Waals surface area contributed by atoms with Crippen molar-refractivity contribution in [3.05, 3.63) is 28.2 Å². The number of nitrogens with zero attached hydrogens (tertiary/aromatic N) is 1. The Labute approximate surface area is 138 Å². The molecule has 0 saturated carbocycles. The van der Waals surface area contributed by atoms with Crippen LogP contribution in [0.2, 0.25) is 10.0 Å². The number of aliphatic carboxylic acids is 1. The summed E-state index contributed by atoms with van der Waals surface area (Å²) in [6.07, 6.45) is 0.278. The molecular formula is C15H17Cl2NO4. The molecule has 1 N–H and O–H groups in total. The highest BCUT2D eigenvalue weighted by atomic mass is 35.5. The SMILES string of the molecule is C[C@@H](Oc1ccc(Cl)c(Cl)c1)C(=O)N1CCC(C(=O)O)CC1. The lowest BCUT2D eigenvalue weighted by atomic mass is 9.97. The van der Waals surface area contributed by atoms with Gasteiger partial charge in [0.15, 0.2) is 6.10 Å². The number of carboxylic acids is 1. The van der Waals surface area contributed by atoms with E-state index in [-0.39, 0.29) is 11.8 Å². The number of ether oxygens (including phenoxy) is 1. The number of amides is 1. The molecule has 1 amide bonds. The smallest absolute Gasteiger partial charge is 0.306 e. The van der Waals surface area contributed by atoms with Crippen LogP contribution in [0.15, 0.2) is 18.2 Å². The quantitative estimate of drug-likeness (QED) is 0.910. The van der Waals surface area contributed by atoms with Gasteiger partial charge in [0.2, 0.25) is 0 Å². The van der Waals surface area contributed by atoms with E-state index in [1.807, 2.05) is 0 Å². The molecule has 0 aliphatic carbocycles. The molecule has 0 unspecified atom stereocenters. The van der Waals surface area contributed by atoms with Gasteiger partial charge in [0.25, 0.3) is 5.91 Å². The first-order valence-electron chi connectivity index (χ1n) is 7.01. The summed E-state index contributed by atoms with van der Waals surface area (Å²) < 4.78 is 5.59. The van der Waals surface area contributed by atoms with Crippen LogP contribution < -0.4 is 4.74 Å². The Kier molecular flexibility index (Phi) is 5.53. The minimum Gasteiger partial charge on any atom is -0.481 e. The van der Waals surface area contributed by atoms with E-state index in [0.717, 1.165) is 0 Å². The molecule has 0 radical (unpaired) electrons. The maximum absolute atomic E-state index is 12.3. The van der Waals surface area contributed by atoms with Crippen molar-refractivity contribution < 1.29 is 19.4 Å². The van der Waals surface area contributed by atoms with Crippen LogP contribution in [-0.4, -0.2) is 41.1 Å². The van der Waals surface area contributed by atoms with Gasteiger partial charge in [-0.3, -0.25) is 9.59 Å². The third kappa shape index (κ3) is 4.05. The third-order valence-corrected chi connectivity index (χ3v) is 4.45. The van der Waals surface area contributed by atoms with Crippen molar-refractivity contribution in [3.63, 3.8) is 0 Å². The van der Waals surface area contributed by atoms with Crippen molar-refractivity contribution in [2.24, 2.45) is 5.92 Å². The molecule has 1 fully saturated rings. The molecule has 0 aromatic heterocycles. The molecule has 7 heteroatoms. The first-order valence-corrected chi connectivity index (χ1v) is 7.77. The van der Waals surface area contributed by atoms with Gasteiger partial charge in [-0.1, -0.05) is 23.2 Å². The molecule has 1 saturated heterocycles. The van der Waals surface area contributed by atoms with Gasteiger partial charge >= 0.3 is 5.97 Å². The second-order valence-corrected chi connectivity index (χ2v) is 6.09. The van der Waals surface area contributed by atoms with Crippen LogP contribution in [0.3, 0.4) is 0 Å². The lowest BCUT2D eigenvalue weighted by molar-refractivity contribution is -0.147. The lowest BCUT2D eigenvalue weighted by Crippen LogP contribution is -2.45. The van der Waals surface area contributed by atoms with Crippen molar-refractivity contribution >= 4 is 35.1 Å². The maximum Gasteiger partial charge on any atom is 0.306 e. The van der Waals surface area contributed by atoms with Crippen LogP contribution in [0.25, 0.3) is 0 Å². The minimum atomic E-state index is -0.799. The number of likely N-dealkylation sites (tertiary alicyclic amines) is 1. The molecule has 1 aromatic rings. The van der Waals surface area contributed by atoms with Crippen molar-refractivity contribution in [2.45, 2.75) is 25.9 Å². The molecule has 1 aliphatic heterocycles. The summed E-state index contributed by atoms with van der Waals surface area (Å²) >= 11 is 11.7. The number of halogens is 2. The third-order valence-electron chi connectivity index (χ3n) is 3.71. The molecule has 1 aromatic carbocycles. The molecule has 22 heavy (non-hydrogen) atoms. The Bertz CT molecular complexity index is 571. The number of rotatable bonds is 4. The summed E-state index contributed by atoms with van der Waals surface area (Å²) in [5.41, 5.74) is 0. The van der Waals surface area contributed by atoms with E-state index in [2.05, 4.69) is 0 Å². The Balaban J connectivity index is 1.92.